The molecule has 1 atom stereocenters. The van der Waals surface area contributed by atoms with E-state index in [-0.39, 0.29) is 6.04 Å². The SMILES string of the molecule is NC1=NCC2c3ccccc3Sc3ccccc3N12. The van der Waals surface area contributed by atoms with E-state index in [4.69, 9.17) is 5.73 Å². The van der Waals surface area contributed by atoms with E-state index in [1.165, 1.54) is 15.4 Å². The van der Waals surface area contributed by atoms with Crippen LogP contribution in [0, 0.1) is 0 Å². The highest BCUT2D eigenvalue weighted by atomic mass is 32.2. The molecule has 0 aliphatic carbocycles. The Morgan fingerprint density at radius 2 is 1.79 bits per heavy atom. The van der Waals surface area contributed by atoms with Gasteiger partial charge >= 0.3 is 0 Å². The molecule has 0 aromatic heterocycles. The monoisotopic (exact) mass is 267 g/mol. The Kier molecular flexibility index (Phi) is 2.32. The van der Waals surface area contributed by atoms with Crippen LogP contribution in [0.2, 0.25) is 0 Å². The Morgan fingerprint density at radius 1 is 1.05 bits per heavy atom. The van der Waals surface area contributed by atoms with Gasteiger partial charge in [0.1, 0.15) is 0 Å². The summed E-state index contributed by atoms with van der Waals surface area (Å²) in [5.41, 5.74) is 8.57. The minimum atomic E-state index is 0.229. The molecule has 3 nitrogen and oxygen atoms in total. The normalized spacial score (nSPS) is 20.1. The molecule has 94 valence electrons. The summed E-state index contributed by atoms with van der Waals surface area (Å²) in [5, 5.41) is 0. The first-order valence-corrected chi connectivity index (χ1v) is 7.11. The zero-order chi connectivity index (χ0) is 12.8. The summed E-state index contributed by atoms with van der Waals surface area (Å²) in [7, 11) is 0. The Morgan fingerprint density at radius 3 is 2.68 bits per heavy atom. The summed E-state index contributed by atoms with van der Waals surface area (Å²) in [6.07, 6.45) is 0. The first-order valence-electron chi connectivity index (χ1n) is 6.29. The maximum absolute atomic E-state index is 6.10. The number of guanidine groups is 1. The van der Waals surface area contributed by atoms with Gasteiger partial charge in [-0.25, -0.2) is 0 Å². The number of aliphatic imine (C=N–C) groups is 1. The number of fused-ring (bicyclic) bond motifs is 5. The number of hydrogen-bond donors (Lipinski definition) is 1. The second-order valence-corrected chi connectivity index (χ2v) is 5.78. The van der Waals surface area contributed by atoms with Gasteiger partial charge in [-0.1, -0.05) is 42.1 Å². The van der Waals surface area contributed by atoms with Crippen molar-refractivity contribution in [1.82, 2.24) is 0 Å². The predicted molar refractivity (Wildman–Crippen MR) is 78.7 cm³/mol. The van der Waals surface area contributed by atoms with Crippen molar-refractivity contribution >= 4 is 23.4 Å². The van der Waals surface area contributed by atoms with Gasteiger partial charge in [-0.3, -0.25) is 4.99 Å². The van der Waals surface area contributed by atoms with Crippen molar-refractivity contribution in [2.45, 2.75) is 15.8 Å². The minimum absolute atomic E-state index is 0.229. The first kappa shape index (κ1) is 10.9. The van der Waals surface area contributed by atoms with Crippen molar-refractivity contribution in [1.29, 1.82) is 0 Å². The summed E-state index contributed by atoms with van der Waals surface area (Å²) in [6.45, 7) is 0.734. The summed E-state index contributed by atoms with van der Waals surface area (Å²) in [6, 6.07) is 17.1. The zero-order valence-electron chi connectivity index (χ0n) is 10.3. The number of nitrogens with zero attached hydrogens (tertiary/aromatic N) is 2. The number of anilines is 1. The summed E-state index contributed by atoms with van der Waals surface area (Å²) < 4.78 is 0. The van der Waals surface area contributed by atoms with Gasteiger partial charge < -0.3 is 10.6 Å². The Bertz CT molecular complexity index is 681. The van der Waals surface area contributed by atoms with E-state index in [1.54, 1.807) is 0 Å². The molecular formula is C15H13N3S. The molecule has 4 rings (SSSR count). The van der Waals surface area contributed by atoms with Crippen LogP contribution < -0.4 is 10.6 Å². The molecule has 2 N–H and O–H groups in total. The Labute approximate surface area is 116 Å². The standard InChI is InChI=1S/C15H13N3S/c16-15-17-9-12-10-5-1-3-7-13(10)19-14-8-4-2-6-11(14)18(12)15/h1-8,12H,9H2,(H2,16,17). The fourth-order valence-corrected chi connectivity index (χ4v) is 3.86. The van der Waals surface area contributed by atoms with Crippen LogP contribution in [0.3, 0.4) is 0 Å². The maximum atomic E-state index is 6.10. The molecule has 0 saturated carbocycles. The first-order chi connectivity index (χ1) is 9.34. The Hall–Kier alpha value is -1.94. The quantitative estimate of drug-likeness (QED) is 0.797. The van der Waals surface area contributed by atoms with Crippen molar-refractivity contribution < 1.29 is 0 Å². The fraction of sp³-hybridized carbons (Fsp3) is 0.133. The lowest BCUT2D eigenvalue weighted by Crippen LogP contribution is -2.36. The van der Waals surface area contributed by atoms with Gasteiger partial charge in [-0.2, -0.15) is 0 Å². The topological polar surface area (TPSA) is 41.6 Å². The number of nitrogens with two attached hydrogens (primary N) is 1. The third kappa shape index (κ3) is 1.56. The van der Waals surface area contributed by atoms with E-state index in [1.807, 2.05) is 11.8 Å². The van der Waals surface area contributed by atoms with Gasteiger partial charge in [0.05, 0.1) is 18.3 Å². The van der Waals surface area contributed by atoms with Crippen LogP contribution >= 0.6 is 11.8 Å². The lowest BCUT2D eigenvalue weighted by molar-refractivity contribution is 0.753. The third-order valence-electron chi connectivity index (χ3n) is 3.61. The second kappa shape index (κ2) is 4.03. The van der Waals surface area contributed by atoms with Gasteiger partial charge in [0.25, 0.3) is 0 Å². The molecule has 0 bridgehead atoms. The van der Waals surface area contributed by atoms with Gasteiger partial charge in [-0.05, 0) is 23.8 Å². The number of benzene rings is 2. The molecule has 19 heavy (non-hydrogen) atoms. The molecule has 0 amide bonds. The van der Waals surface area contributed by atoms with Crippen LogP contribution in [0.1, 0.15) is 11.6 Å². The average Bonchev–Trinajstić information content (AvgIpc) is 2.75. The summed E-state index contributed by atoms with van der Waals surface area (Å²) in [5.74, 6) is 0.620. The summed E-state index contributed by atoms with van der Waals surface area (Å²) in [4.78, 5) is 9.12. The zero-order valence-corrected chi connectivity index (χ0v) is 11.1. The van der Waals surface area contributed by atoms with Crippen LogP contribution in [0.5, 0.6) is 0 Å². The number of para-hydroxylation sites is 1. The van der Waals surface area contributed by atoms with Crippen LogP contribution in [-0.2, 0) is 0 Å². The van der Waals surface area contributed by atoms with E-state index in [0.29, 0.717) is 5.96 Å². The lowest BCUT2D eigenvalue weighted by Gasteiger charge is -2.25. The molecule has 4 heteroatoms. The molecule has 2 aliphatic heterocycles. The largest absolute Gasteiger partial charge is 0.369 e. The van der Waals surface area contributed by atoms with E-state index in [2.05, 4.69) is 58.4 Å². The maximum Gasteiger partial charge on any atom is 0.196 e. The van der Waals surface area contributed by atoms with Crippen molar-refractivity contribution in [3.63, 3.8) is 0 Å². The number of rotatable bonds is 0. The van der Waals surface area contributed by atoms with Crippen molar-refractivity contribution in [2.24, 2.45) is 10.7 Å². The van der Waals surface area contributed by atoms with E-state index in [9.17, 15) is 0 Å². The van der Waals surface area contributed by atoms with Crippen molar-refractivity contribution in [2.75, 3.05) is 11.4 Å². The van der Waals surface area contributed by atoms with Crippen LogP contribution in [-0.4, -0.2) is 12.5 Å². The van der Waals surface area contributed by atoms with E-state index < -0.39 is 0 Å². The van der Waals surface area contributed by atoms with E-state index in [0.717, 1.165) is 12.2 Å². The molecule has 2 aromatic carbocycles. The Balaban J connectivity index is 1.98. The number of hydrogen-bond acceptors (Lipinski definition) is 4. The third-order valence-corrected chi connectivity index (χ3v) is 4.76. The lowest BCUT2D eigenvalue weighted by atomic mass is 10.1. The molecule has 0 radical (unpaired) electrons. The molecule has 0 saturated heterocycles. The molecule has 2 heterocycles. The summed E-state index contributed by atoms with van der Waals surface area (Å²) >= 11 is 1.81. The van der Waals surface area contributed by atoms with Gasteiger partial charge in [0.2, 0.25) is 0 Å². The average molecular weight is 267 g/mol. The predicted octanol–water partition coefficient (Wildman–Crippen LogP) is 3.03. The minimum Gasteiger partial charge on any atom is -0.369 e. The molecule has 2 aromatic rings. The second-order valence-electron chi connectivity index (χ2n) is 4.69. The van der Waals surface area contributed by atoms with Gasteiger partial charge in [0.15, 0.2) is 5.96 Å². The van der Waals surface area contributed by atoms with E-state index >= 15 is 0 Å². The van der Waals surface area contributed by atoms with Crippen LogP contribution in [0.4, 0.5) is 5.69 Å². The van der Waals surface area contributed by atoms with Gasteiger partial charge in [0, 0.05) is 9.79 Å². The van der Waals surface area contributed by atoms with Crippen LogP contribution in [0.15, 0.2) is 63.3 Å². The van der Waals surface area contributed by atoms with Crippen molar-refractivity contribution in [3.05, 3.63) is 54.1 Å². The highest BCUT2D eigenvalue weighted by molar-refractivity contribution is 7.99. The van der Waals surface area contributed by atoms with Crippen LogP contribution in [0.25, 0.3) is 0 Å². The fourth-order valence-electron chi connectivity index (χ4n) is 2.74. The smallest absolute Gasteiger partial charge is 0.196 e. The highest BCUT2D eigenvalue weighted by Crippen LogP contribution is 2.46. The molecule has 0 spiro atoms. The van der Waals surface area contributed by atoms with Crippen molar-refractivity contribution in [3.8, 4) is 0 Å². The molecule has 1 unspecified atom stereocenters. The van der Waals surface area contributed by atoms with Gasteiger partial charge in [-0.15, -0.1) is 0 Å². The molecule has 2 aliphatic rings. The highest BCUT2D eigenvalue weighted by Gasteiger charge is 2.34. The molecular weight excluding hydrogens is 254 g/mol. The molecule has 0 fully saturated rings.